The van der Waals surface area contributed by atoms with Gasteiger partial charge in [-0.2, -0.15) is 0 Å². The highest BCUT2D eigenvalue weighted by Gasteiger charge is 2.28. The molecule has 0 spiro atoms. The Morgan fingerprint density at radius 2 is 1.63 bits per heavy atom. The van der Waals surface area contributed by atoms with E-state index in [1.165, 1.54) is 14.2 Å². The lowest BCUT2D eigenvalue weighted by Crippen LogP contribution is -2.54. The fraction of sp³-hybridized carbons (Fsp3) is 0.286. The van der Waals surface area contributed by atoms with Crippen molar-refractivity contribution in [1.29, 1.82) is 0 Å². The van der Waals surface area contributed by atoms with Crippen LogP contribution in [0, 0.1) is 0 Å². The first kappa shape index (κ1) is 26.5. The van der Waals surface area contributed by atoms with Gasteiger partial charge in [-0.05, 0) is 49.4 Å². The molecule has 1 atom stereocenters. The molecule has 0 unspecified atom stereocenters. The van der Waals surface area contributed by atoms with E-state index in [0.29, 0.717) is 54.5 Å². The van der Waals surface area contributed by atoms with Gasteiger partial charge in [0.15, 0.2) is 11.5 Å². The number of carbonyl (C=O) groups is 3. The molecule has 10 heteroatoms. The van der Waals surface area contributed by atoms with Crippen LogP contribution in [0.3, 0.4) is 0 Å². The minimum absolute atomic E-state index is 0.166. The van der Waals surface area contributed by atoms with Gasteiger partial charge in [0.05, 0.1) is 31.7 Å². The van der Waals surface area contributed by atoms with Gasteiger partial charge in [0.1, 0.15) is 6.04 Å². The molecular weight excluding hydrogens is 486 g/mol. The normalized spacial score (nSPS) is 13.9. The molecular formula is C28H31N5O5. The van der Waals surface area contributed by atoms with E-state index in [1.807, 2.05) is 18.2 Å². The van der Waals surface area contributed by atoms with Crippen molar-refractivity contribution in [2.45, 2.75) is 13.0 Å². The summed E-state index contributed by atoms with van der Waals surface area (Å²) in [6, 6.07) is 15.1. The maximum absolute atomic E-state index is 13.1. The monoisotopic (exact) mass is 517 g/mol. The minimum atomic E-state index is -0.709. The molecule has 10 nitrogen and oxygen atoms in total. The lowest BCUT2D eigenvalue weighted by atomic mass is 10.1. The van der Waals surface area contributed by atoms with Crippen LogP contribution in [0.4, 0.5) is 11.4 Å². The second-order valence-electron chi connectivity index (χ2n) is 8.79. The standard InChI is InChI=1S/C28H31N5O5/c1-19(30-26(34)20-10-11-24(37-2)25(17-20)38-3)28(36)33-15-13-32(14-16-33)23-9-5-4-8-22(23)27(35)31-21-7-6-12-29-18-21/h4-12,17-19H,13-16H2,1-3H3,(H,30,34)(H,31,35)/t19-/m1/s1. The van der Waals surface area contributed by atoms with Crippen molar-refractivity contribution in [2.75, 3.05) is 50.6 Å². The molecule has 1 aromatic heterocycles. The van der Waals surface area contributed by atoms with E-state index in [0.717, 1.165) is 5.69 Å². The molecule has 1 fully saturated rings. The zero-order valence-corrected chi connectivity index (χ0v) is 21.6. The molecule has 38 heavy (non-hydrogen) atoms. The highest BCUT2D eigenvalue weighted by atomic mass is 16.5. The number of anilines is 2. The van der Waals surface area contributed by atoms with Crippen LogP contribution >= 0.6 is 0 Å². The zero-order valence-electron chi connectivity index (χ0n) is 21.6. The van der Waals surface area contributed by atoms with Crippen LogP contribution in [0.2, 0.25) is 0 Å². The topological polar surface area (TPSA) is 113 Å². The summed E-state index contributed by atoms with van der Waals surface area (Å²) in [6.07, 6.45) is 3.24. The second kappa shape index (κ2) is 12.1. The molecule has 2 heterocycles. The van der Waals surface area contributed by atoms with Crippen molar-refractivity contribution >= 4 is 29.1 Å². The van der Waals surface area contributed by atoms with Crippen molar-refractivity contribution in [1.82, 2.24) is 15.2 Å². The number of benzene rings is 2. The molecule has 4 rings (SSSR count). The van der Waals surface area contributed by atoms with Crippen LogP contribution < -0.4 is 25.0 Å². The maximum atomic E-state index is 13.1. The first-order valence-electron chi connectivity index (χ1n) is 12.3. The van der Waals surface area contributed by atoms with Crippen LogP contribution in [0.5, 0.6) is 11.5 Å². The Labute approximate surface area is 221 Å². The molecule has 2 N–H and O–H groups in total. The number of methoxy groups -OCH3 is 2. The number of aromatic nitrogens is 1. The lowest BCUT2D eigenvalue weighted by molar-refractivity contribution is -0.133. The van der Waals surface area contributed by atoms with E-state index in [-0.39, 0.29) is 17.7 Å². The molecule has 1 aliphatic heterocycles. The van der Waals surface area contributed by atoms with Crippen molar-refractivity contribution in [3.63, 3.8) is 0 Å². The smallest absolute Gasteiger partial charge is 0.257 e. The Kier molecular flexibility index (Phi) is 8.42. The lowest BCUT2D eigenvalue weighted by Gasteiger charge is -2.37. The third-order valence-electron chi connectivity index (χ3n) is 6.36. The summed E-state index contributed by atoms with van der Waals surface area (Å²) in [7, 11) is 3.02. The Morgan fingerprint density at radius 3 is 2.32 bits per heavy atom. The SMILES string of the molecule is COc1ccc(C(=O)N[C@H](C)C(=O)N2CCN(c3ccccc3C(=O)Nc3cccnc3)CC2)cc1OC. The Morgan fingerprint density at radius 1 is 0.895 bits per heavy atom. The summed E-state index contributed by atoms with van der Waals surface area (Å²) in [6.45, 7) is 3.71. The van der Waals surface area contributed by atoms with Gasteiger partial charge in [-0.1, -0.05) is 12.1 Å². The summed E-state index contributed by atoms with van der Waals surface area (Å²) >= 11 is 0. The first-order chi connectivity index (χ1) is 18.4. The molecule has 198 valence electrons. The van der Waals surface area contributed by atoms with Gasteiger partial charge >= 0.3 is 0 Å². The summed E-state index contributed by atoms with van der Waals surface area (Å²) < 4.78 is 10.5. The van der Waals surface area contributed by atoms with E-state index in [1.54, 1.807) is 60.6 Å². The molecule has 0 radical (unpaired) electrons. The van der Waals surface area contributed by atoms with Gasteiger partial charge in [0, 0.05) is 43.6 Å². The predicted octanol–water partition coefficient (Wildman–Crippen LogP) is 2.82. The van der Waals surface area contributed by atoms with Crippen LogP contribution in [0.1, 0.15) is 27.6 Å². The predicted molar refractivity (Wildman–Crippen MR) is 144 cm³/mol. The first-order valence-corrected chi connectivity index (χ1v) is 12.3. The number of piperazine rings is 1. The number of pyridine rings is 1. The second-order valence-corrected chi connectivity index (χ2v) is 8.79. The highest BCUT2D eigenvalue weighted by molar-refractivity contribution is 6.08. The number of ether oxygens (including phenoxy) is 2. The molecule has 1 saturated heterocycles. The summed E-state index contributed by atoms with van der Waals surface area (Å²) in [5.74, 6) is 0.186. The minimum Gasteiger partial charge on any atom is -0.493 e. The molecule has 0 aliphatic carbocycles. The molecule has 1 aliphatic rings. The number of para-hydroxylation sites is 1. The van der Waals surface area contributed by atoms with Crippen molar-refractivity contribution < 1.29 is 23.9 Å². The highest BCUT2D eigenvalue weighted by Crippen LogP contribution is 2.27. The number of nitrogens with zero attached hydrogens (tertiary/aromatic N) is 3. The van der Waals surface area contributed by atoms with E-state index >= 15 is 0 Å². The number of rotatable bonds is 8. The van der Waals surface area contributed by atoms with Crippen molar-refractivity contribution in [2.24, 2.45) is 0 Å². The van der Waals surface area contributed by atoms with Gasteiger partial charge in [-0.15, -0.1) is 0 Å². The fourth-order valence-electron chi connectivity index (χ4n) is 4.34. The van der Waals surface area contributed by atoms with E-state index in [2.05, 4.69) is 20.5 Å². The molecule has 0 saturated carbocycles. The third-order valence-corrected chi connectivity index (χ3v) is 6.36. The zero-order chi connectivity index (χ0) is 27.1. The van der Waals surface area contributed by atoms with Gasteiger partial charge in [0.2, 0.25) is 5.91 Å². The van der Waals surface area contributed by atoms with Crippen LogP contribution in [-0.2, 0) is 4.79 Å². The summed E-state index contributed by atoms with van der Waals surface area (Å²) in [4.78, 5) is 46.6. The molecule has 3 aromatic rings. The number of carbonyl (C=O) groups excluding carboxylic acids is 3. The van der Waals surface area contributed by atoms with Crippen LogP contribution in [-0.4, -0.2) is 74.0 Å². The van der Waals surface area contributed by atoms with Crippen molar-refractivity contribution in [3.8, 4) is 11.5 Å². The van der Waals surface area contributed by atoms with Gasteiger partial charge < -0.3 is 29.9 Å². The Bertz CT molecular complexity index is 1290. The average Bonchev–Trinajstić information content (AvgIpc) is 2.96. The Hall–Kier alpha value is -4.60. The van der Waals surface area contributed by atoms with E-state index < -0.39 is 6.04 Å². The van der Waals surface area contributed by atoms with E-state index in [4.69, 9.17) is 9.47 Å². The number of nitrogens with one attached hydrogen (secondary N) is 2. The quantitative estimate of drug-likeness (QED) is 0.472. The van der Waals surface area contributed by atoms with Gasteiger partial charge in [0.25, 0.3) is 11.8 Å². The Balaban J connectivity index is 1.35. The number of hydrogen-bond donors (Lipinski definition) is 2. The van der Waals surface area contributed by atoms with E-state index in [9.17, 15) is 14.4 Å². The molecule has 2 aromatic carbocycles. The van der Waals surface area contributed by atoms with Crippen LogP contribution in [0.25, 0.3) is 0 Å². The number of amides is 3. The average molecular weight is 518 g/mol. The van der Waals surface area contributed by atoms with Crippen LogP contribution in [0.15, 0.2) is 67.0 Å². The summed E-state index contributed by atoms with van der Waals surface area (Å²) in [5, 5.41) is 5.65. The largest absolute Gasteiger partial charge is 0.493 e. The van der Waals surface area contributed by atoms with Gasteiger partial charge in [-0.25, -0.2) is 0 Å². The fourth-order valence-corrected chi connectivity index (χ4v) is 4.34. The molecule has 3 amide bonds. The van der Waals surface area contributed by atoms with Gasteiger partial charge in [-0.3, -0.25) is 19.4 Å². The number of hydrogen-bond acceptors (Lipinski definition) is 7. The summed E-state index contributed by atoms with van der Waals surface area (Å²) in [5.41, 5.74) is 2.34. The van der Waals surface area contributed by atoms with Crippen molar-refractivity contribution in [3.05, 3.63) is 78.1 Å². The maximum Gasteiger partial charge on any atom is 0.257 e. The molecule has 0 bridgehead atoms. The third kappa shape index (κ3) is 6.03.